The Kier molecular flexibility index (Phi) is 7.73. The number of nitrogens with zero attached hydrogens (tertiary/aromatic N) is 3. The molecule has 1 aromatic heterocycles. The average Bonchev–Trinajstić information content (AvgIpc) is 3.35. The van der Waals surface area contributed by atoms with Crippen molar-refractivity contribution in [1.82, 2.24) is 9.37 Å². The number of hydrogen-bond donors (Lipinski definition) is 0. The number of amides is 1. The summed E-state index contributed by atoms with van der Waals surface area (Å²) < 4.78 is 26.6. The molecule has 1 aliphatic heterocycles. The van der Waals surface area contributed by atoms with E-state index >= 15 is 0 Å². The maximum atomic E-state index is 13.0. The van der Waals surface area contributed by atoms with Crippen molar-refractivity contribution in [3.63, 3.8) is 0 Å². The predicted molar refractivity (Wildman–Crippen MR) is 126 cm³/mol. The third-order valence-corrected chi connectivity index (χ3v) is 7.81. The van der Waals surface area contributed by atoms with Crippen molar-refractivity contribution < 1.29 is 22.8 Å². The van der Waals surface area contributed by atoms with Gasteiger partial charge in [-0.2, -0.15) is 0 Å². The quantitative estimate of drug-likeness (QED) is 0.389. The molecule has 1 fully saturated rings. The van der Waals surface area contributed by atoms with E-state index in [0.29, 0.717) is 25.9 Å². The van der Waals surface area contributed by atoms with E-state index in [-0.39, 0.29) is 18.9 Å². The fourth-order valence-electron chi connectivity index (χ4n) is 3.33. The van der Waals surface area contributed by atoms with Crippen LogP contribution >= 0.6 is 22.9 Å². The van der Waals surface area contributed by atoms with Crippen LogP contribution in [0.2, 0.25) is 4.34 Å². The van der Waals surface area contributed by atoms with Gasteiger partial charge in [0.05, 0.1) is 9.74 Å². The Morgan fingerprint density at radius 1 is 1.22 bits per heavy atom. The second-order valence-corrected chi connectivity index (χ2v) is 10.9. The summed E-state index contributed by atoms with van der Waals surface area (Å²) in [5.74, 6) is -0.462. The lowest BCUT2D eigenvalue weighted by Gasteiger charge is -2.24. The molecule has 0 aliphatic carbocycles. The second-order valence-electron chi connectivity index (χ2n) is 7.47. The standard InChI is InChI=1S/C21H24ClN3O5S2/c1-15(23(2)3)16-4-6-17(7-5-16)24-12-10-19(21(24)27)25(30-14-26)32(28,29)13-11-18-8-9-20(22)31-18/h4-9,11,13-15,19H,10,12H2,1-3H3/b13-11+/t15-,19-/m0/s1. The van der Waals surface area contributed by atoms with Gasteiger partial charge in [-0.05, 0) is 67.8 Å². The number of hydrogen-bond acceptors (Lipinski definition) is 7. The van der Waals surface area contributed by atoms with E-state index in [2.05, 4.69) is 11.8 Å². The molecule has 172 valence electrons. The van der Waals surface area contributed by atoms with E-state index in [9.17, 15) is 18.0 Å². The van der Waals surface area contributed by atoms with E-state index in [4.69, 9.17) is 16.4 Å². The monoisotopic (exact) mass is 497 g/mol. The maximum Gasteiger partial charge on any atom is 0.314 e. The van der Waals surface area contributed by atoms with Crippen LogP contribution in [0.1, 0.15) is 29.8 Å². The van der Waals surface area contributed by atoms with E-state index in [1.807, 2.05) is 38.4 Å². The zero-order valence-electron chi connectivity index (χ0n) is 17.8. The number of halogens is 1. The van der Waals surface area contributed by atoms with Crippen molar-refractivity contribution in [3.8, 4) is 0 Å². The highest BCUT2D eigenvalue weighted by atomic mass is 35.5. The van der Waals surface area contributed by atoms with Crippen molar-refractivity contribution in [3.05, 3.63) is 56.6 Å². The minimum atomic E-state index is -4.21. The zero-order chi connectivity index (χ0) is 23.5. The Hall–Kier alpha value is -2.24. The fraction of sp³-hybridized carbons (Fsp3) is 0.333. The van der Waals surface area contributed by atoms with Crippen LogP contribution in [0.25, 0.3) is 6.08 Å². The Morgan fingerprint density at radius 3 is 2.47 bits per heavy atom. The molecule has 0 bridgehead atoms. The largest absolute Gasteiger partial charge is 0.355 e. The molecule has 0 saturated carbocycles. The van der Waals surface area contributed by atoms with Gasteiger partial charge in [-0.3, -0.25) is 9.59 Å². The summed E-state index contributed by atoms with van der Waals surface area (Å²) in [6.07, 6.45) is 1.52. The first-order chi connectivity index (χ1) is 15.1. The third kappa shape index (κ3) is 5.38. The van der Waals surface area contributed by atoms with Gasteiger partial charge in [-0.15, -0.1) is 11.3 Å². The van der Waals surface area contributed by atoms with Gasteiger partial charge in [-0.25, -0.2) is 8.42 Å². The predicted octanol–water partition coefficient (Wildman–Crippen LogP) is 3.52. The molecule has 1 aromatic carbocycles. The normalized spacial score (nSPS) is 18.1. The fourth-order valence-corrected chi connectivity index (χ4v) is 5.53. The summed E-state index contributed by atoms with van der Waals surface area (Å²) in [6.45, 7) is 2.37. The van der Waals surface area contributed by atoms with Gasteiger partial charge in [0.2, 0.25) is 5.91 Å². The molecular weight excluding hydrogens is 474 g/mol. The maximum absolute atomic E-state index is 13.0. The average molecular weight is 498 g/mol. The minimum absolute atomic E-state index is 0.000765. The lowest BCUT2D eigenvalue weighted by Crippen LogP contribution is -2.44. The van der Waals surface area contributed by atoms with Crippen LogP contribution in [0.5, 0.6) is 0 Å². The van der Waals surface area contributed by atoms with Crippen molar-refractivity contribution >= 4 is 57.1 Å². The second kappa shape index (κ2) is 10.1. The highest BCUT2D eigenvalue weighted by Crippen LogP contribution is 2.29. The van der Waals surface area contributed by atoms with E-state index in [1.54, 1.807) is 12.1 Å². The first kappa shape index (κ1) is 24.4. The summed E-state index contributed by atoms with van der Waals surface area (Å²) >= 11 is 7.06. The number of thiophene rings is 1. The van der Waals surface area contributed by atoms with E-state index in [0.717, 1.165) is 11.0 Å². The van der Waals surface area contributed by atoms with Crippen LogP contribution in [0.3, 0.4) is 0 Å². The van der Waals surface area contributed by atoms with Gasteiger partial charge in [-0.1, -0.05) is 23.7 Å². The highest BCUT2D eigenvalue weighted by molar-refractivity contribution is 7.92. The molecule has 3 rings (SSSR count). The van der Waals surface area contributed by atoms with Crippen LogP contribution in [0.4, 0.5) is 5.69 Å². The van der Waals surface area contributed by atoms with Crippen molar-refractivity contribution in [2.24, 2.45) is 0 Å². The number of rotatable bonds is 9. The molecule has 8 nitrogen and oxygen atoms in total. The Bertz CT molecular complexity index is 1100. The van der Waals surface area contributed by atoms with Gasteiger partial charge in [0.15, 0.2) is 0 Å². The molecule has 2 atom stereocenters. The van der Waals surface area contributed by atoms with Crippen LogP contribution in [-0.2, 0) is 24.4 Å². The molecule has 1 amide bonds. The molecule has 1 saturated heterocycles. The molecule has 0 radical (unpaired) electrons. The van der Waals surface area contributed by atoms with Gasteiger partial charge in [0.1, 0.15) is 6.04 Å². The Morgan fingerprint density at radius 2 is 1.91 bits per heavy atom. The summed E-state index contributed by atoms with van der Waals surface area (Å²) in [4.78, 5) is 33.0. The van der Waals surface area contributed by atoms with Crippen LogP contribution in [-0.4, -0.2) is 56.8 Å². The summed E-state index contributed by atoms with van der Waals surface area (Å²) in [5, 5.41) is 0.895. The molecule has 1 aliphatic rings. The van der Waals surface area contributed by atoms with Crippen molar-refractivity contribution in [2.45, 2.75) is 25.4 Å². The molecule has 32 heavy (non-hydrogen) atoms. The molecular formula is C21H24ClN3O5S2. The van der Waals surface area contributed by atoms with Gasteiger partial charge < -0.3 is 14.6 Å². The zero-order valence-corrected chi connectivity index (χ0v) is 20.2. The van der Waals surface area contributed by atoms with Crippen LogP contribution < -0.4 is 4.90 Å². The summed E-state index contributed by atoms with van der Waals surface area (Å²) in [7, 11) is -0.247. The summed E-state index contributed by atoms with van der Waals surface area (Å²) in [5.41, 5.74) is 1.74. The molecule has 2 heterocycles. The van der Waals surface area contributed by atoms with Gasteiger partial charge in [0.25, 0.3) is 10.0 Å². The number of hydroxylamine groups is 1. The molecule has 0 unspecified atom stereocenters. The summed E-state index contributed by atoms with van der Waals surface area (Å²) in [6, 6.07) is 9.89. The Labute approximate surface area is 196 Å². The van der Waals surface area contributed by atoms with Crippen molar-refractivity contribution in [2.75, 3.05) is 25.5 Å². The highest BCUT2D eigenvalue weighted by Gasteiger charge is 2.43. The number of benzene rings is 1. The van der Waals surface area contributed by atoms with Gasteiger partial charge >= 0.3 is 6.47 Å². The minimum Gasteiger partial charge on any atom is -0.355 e. The number of sulfonamides is 1. The third-order valence-electron chi connectivity index (χ3n) is 5.29. The molecule has 0 N–H and O–H groups in total. The van der Waals surface area contributed by atoms with Crippen molar-refractivity contribution in [1.29, 1.82) is 0 Å². The van der Waals surface area contributed by atoms with Crippen LogP contribution in [0, 0.1) is 0 Å². The number of carbonyl (C=O) groups excluding carboxylic acids is 2. The van der Waals surface area contributed by atoms with Crippen LogP contribution in [0.15, 0.2) is 41.8 Å². The lowest BCUT2D eigenvalue weighted by molar-refractivity contribution is -0.160. The first-order valence-electron chi connectivity index (χ1n) is 9.80. The van der Waals surface area contributed by atoms with E-state index < -0.39 is 22.0 Å². The Balaban J connectivity index is 1.79. The smallest absolute Gasteiger partial charge is 0.314 e. The topological polar surface area (TPSA) is 87.2 Å². The number of anilines is 1. The molecule has 0 spiro atoms. The first-order valence-corrected chi connectivity index (χ1v) is 12.5. The van der Waals surface area contributed by atoms with Gasteiger partial charge in [0, 0.05) is 23.2 Å². The lowest BCUT2D eigenvalue weighted by atomic mass is 10.1. The molecule has 11 heteroatoms. The SMILES string of the molecule is C[C@@H](c1ccc(N2CC[C@H](N(OC=O)S(=O)(=O)/C=C/c3ccc(Cl)s3)C2=O)cc1)N(C)C. The molecule has 2 aromatic rings. The number of carbonyl (C=O) groups is 2. The van der Waals surface area contributed by atoms with E-state index in [1.165, 1.54) is 22.3 Å².